The van der Waals surface area contributed by atoms with Gasteiger partial charge in [-0.2, -0.15) is 0 Å². The largest absolute Gasteiger partial charge is 0.497 e. The maximum absolute atomic E-state index is 12.8. The summed E-state index contributed by atoms with van der Waals surface area (Å²) >= 11 is 1.34. The number of thioether (sulfide) groups is 1. The SMILES string of the molecule is CCCCCCCCC1(C)SC(=O)C=C1OCC(=O)N1CCN(Cc2ccc(OC)cc2)CC1. The van der Waals surface area contributed by atoms with Crippen molar-refractivity contribution >= 4 is 22.8 Å². The highest BCUT2D eigenvalue weighted by molar-refractivity contribution is 8.15. The van der Waals surface area contributed by atoms with Crippen molar-refractivity contribution in [2.24, 2.45) is 0 Å². The van der Waals surface area contributed by atoms with E-state index in [1.54, 1.807) is 13.2 Å². The Morgan fingerprint density at radius 3 is 2.38 bits per heavy atom. The highest BCUT2D eigenvalue weighted by Gasteiger charge is 2.39. The first-order chi connectivity index (χ1) is 16.4. The number of hydrogen-bond acceptors (Lipinski definition) is 6. The van der Waals surface area contributed by atoms with E-state index in [9.17, 15) is 9.59 Å². The summed E-state index contributed by atoms with van der Waals surface area (Å²) < 4.78 is 10.8. The molecular formula is C27H40N2O4S. The van der Waals surface area contributed by atoms with Gasteiger partial charge in [-0.25, -0.2) is 0 Å². The molecule has 6 nitrogen and oxygen atoms in total. The molecule has 1 saturated heterocycles. The number of amides is 1. The van der Waals surface area contributed by atoms with Crippen LogP contribution in [0.15, 0.2) is 36.1 Å². The zero-order valence-electron chi connectivity index (χ0n) is 21.0. The number of hydrogen-bond donors (Lipinski definition) is 0. The third kappa shape index (κ3) is 7.77. The van der Waals surface area contributed by atoms with E-state index < -0.39 is 0 Å². The fourth-order valence-electron chi connectivity index (χ4n) is 4.55. The zero-order chi connectivity index (χ0) is 24.4. The average molecular weight is 489 g/mol. The van der Waals surface area contributed by atoms with Gasteiger partial charge in [0.15, 0.2) is 6.61 Å². The van der Waals surface area contributed by atoms with Crippen LogP contribution in [0.1, 0.15) is 64.4 Å². The summed E-state index contributed by atoms with van der Waals surface area (Å²) in [6.07, 6.45) is 9.79. The Morgan fingerprint density at radius 1 is 1.03 bits per heavy atom. The Labute approximate surface area is 209 Å². The van der Waals surface area contributed by atoms with Crippen molar-refractivity contribution in [3.8, 4) is 5.75 Å². The van der Waals surface area contributed by atoms with Gasteiger partial charge < -0.3 is 14.4 Å². The number of piperazine rings is 1. The lowest BCUT2D eigenvalue weighted by atomic mass is 9.99. The van der Waals surface area contributed by atoms with E-state index in [0.29, 0.717) is 18.8 Å². The molecule has 2 aliphatic rings. The summed E-state index contributed by atoms with van der Waals surface area (Å²) in [7, 11) is 1.67. The van der Waals surface area contributed by atoms with E-state index in [4.69, 9.17) is 9.47 Å². The van der Waals surface area contributed by atoms with Gasteiger partial charge in [0, 0.05) is 38.8 Å². The van der Waals surface area contributed by atoms with Gasteiger partial charge in [0.2, 0.25) is 5.12 Å². The molecule has 188 valence electrons. The molecule has 34 heavy (non-hydrogen) atoms. The summed E-state index contributed by atoms with van der Waals surface area (Å²) in [6, 6.07) is 8.13. The normalized spacial score (nSPS) is 21.0. The average Bonchev–Trinajstić information content (AvgIpc) is 3.13. The molecule has 3 rings (SSSR count). The van der Waals surface area contributed by atoms with Crippen LogP contribution < -0.4 is 4.74 Å². The first-order valence-electron chi connectivity index (χ1n) is 12.6. The number of carbonyl (C=O) groups excluding carboxylic acids is 2. The minimum atomic E-state index is -0.348. The molecule has 0 spiro atoms. The van der Waals surface area contributed by atoms with E-state index in [1.165, 1.54) is 49.4 Å². The topological polar surface area (TPSA) is 59.1 Å². The molecule has 1 amide bonds. The first kappa shape index (κ1) is 26.6. The quantitative estimate of drug-likeness (QED) is 0.363. The maximum Gasteiger partial charge on any atom is 0.260 e. The standard InChI is InChI=1S/C27H40N2O4S/c1-4-5-6-7-8-9-14-27(2)24(19-26(31)34-27)33-21-25(30)29-17-15-28(16-18-29)20-22-10-12-23(32-3)13-11-22/h10-13,19H,4-9,14-18,20-21H2,1-3H3. The smallest absolute Gasteiger partial charge is 0.260 e. The molecule has 0 aromatic heterocycles. The second-order valence-corrected chi connectivity index (χ2v) is 11.0. The first-order valence-corrected chi connectivity index (χ1v) is 13.5. The van der Waals surface area contributed by atoms with Crippen molar-refractivity contribution in [3.63, 3.8) is 0 Å². The van der Waals surface area contributed by atoms with E-state index in [1.807, 2.05) is 17.0 Å². The molecule has 1 atom stereocenters. The van der Waals surface area contributed by atoms with E-state index in [-0.39, 0.29) is 22.4 Å². The predicted octanol–water partition coefficient (Wildman–Crippen LogP) is 5.02. The van der Waals surface area contributed by atoms with E-state index in [2.05, 4.69) is 30.9 Å². The second-order valence-electron chi connectivity index (χ2n) is 9.47. The van der Waals surface area contributed by atoms with Crippen molar-refractivity contribution in [3.05, 3.63) is 41.7 Å². The molecule has 1 unspecified atom stereocenters. The molecule has 2 aliphatic heterocycles. The Balaban J connectivity index is 1.40. The third-order valence-corrected chi connectivity index (χ3v) is 7.92. The monoisotopic (exact) mass is 488 g/mol. The van der Waals surface area contributed by atoms with Gasteiger partial charge >= 0.3 is 0 Å². The van der Waals surface area contributed by atoms with Gasteiger partial charge in [0.1, 0.15) is 11.5 Å². The Morgan fingerprint density at radius 2 is 1.71 bits per heavy atom. The summed E-state index contributed by atoms with van der Waals surface area (Å²) in [5, 5.41) is 0.0306. The molecule has 7 heteroatoms. The number of carbonyl (C=O) groups is 2. The molecule has 1 aromatic carbocycles. The number of rotatable bonds is 13. The highest BCUT2D eigenvalue weighted by atomic mass is 32.2. The minimum Gasteiger partial charge on any atom is -0.497 e. The molecule has 2 heterocycles. The summed E-state index contributed by atoms with van der Waals surface area (Å²) in [5.74, 6) is 1.53. The zero-order valence-corrected chi connectivity index (χ0v) is 21.8. The van der Waals surface area contributed by atoms with Crippen molar-refractivity contribution < 1.29 is 19.1 Å². The van der Waals surface area contributed by atoms with Crippen LogP contribution in [0.4, 0.5) is 0 Å². The summed E-state index contributed by atoms with van der Waals surface area (Å²) in [6.45, 7) is 8.23. The fraction of sp³-hybridized carbons (Fsp3) is 0.630. The van der Waals surface area contributed by atoms with Crippen LogP contribution in [-0.2, 0) is 20.9 Å². The van der Waals surface area contributed by atoms with Gasteiger partial charge in [0.25, 0.3) is 5.91 Å². The number of ether oxygens (including phenoxy) is 2. The van der Waals surface area contributed by atoms with E-state index in [0.717, 1.165) is 38.2 Å². The third-order valence-electron chi connectivity index (χ3n) is 6.74. The summed E-state index contributed by atoms with van der Waals surface area (Å²) in [5.41, 5.74) is 1.24. The van der Waals surface area contributed by atoms with Crippen molar-refractivity contribution in [2.45, 2.75) is 70.1 Å². The predicted molar refractivity (Wildman–Crippen MR) is 138 cm³/mol. The van der Waals surface area contributed by atoms with Crippen molar-refractivity contribution in [1.29, 1.82) is 0 Å². The van der Waals surface area contributed by atoms with Gasteiger partial charge in [0.05, 0.1) is 11.9 Å². The van der Waals surface area contributed by atoms with Gasteiger partial charge in [-0.3, -0.25) is 14.5 Å². The molecule has 0 aliphatic carbocycles. The second kappa shape index (κ2) is 13.2. The van der Waals surface area contributed by atoms with E-state index >= 15 is 0 Å². The van der Waals surface area contributed by atoms with Crippen LogP contribution in [0.3, 0.4) is 0 Å². The highest BCUT2D eigenvalue weighted by Crippen LogP contribution is 2.44. The molecule has 0 bridgehead atoms. The minimum absolute atomic E-state index is 0.00346. The van der Waals surface area contributed by atoms with Gasteiger partial charge in [-0.1, -0.05) is 69.3 Å². The maximum atomic E-state index is 12.8. The van der Waals surface area contributed by atoms with Crippen LogP contribution in [0.5, 0.6) is 5.75 Å². The van der Waals surface area contributed by atoms with Crippen molar-refractivity contribution in [1.82, 2.24) is 9.80 Å². The van der Waals surface area contributed by atoms with Crippen LogP contribution in [-0.4, -0.2) is 65.5 Å². The van der Waals surface area contributed by atoms with Crippen LogP contribution in [0.25, 0.3) is 0 Å². The Hall–Kier alpha value is -1.99. The molecule has 1 fully saturated rings. The van der Waals surface area contributed by atoms with Crippen LogP contribution >= 0.6 is 11.8 Å². The van der Waals surface area contributed by atoms with Gasteiger partial charge in [-0.15, -0.1) is 0 Å². The molecule has 0 radical (unpaired) electrons. The lowest BCUT2D eigenvalue weighted by Crippen LogP contribution is -2.49. The molecule has 0 N–H and O–H groups in total. The van der Waals surface area contributed by atoms with Crippen LogP contribution in [0, 0.1) is 0 Å². The Kier molecular flexibility index (Phi) is 10.3. The fourth-order valence-corrected chi connectivity index (χ4v) is 5.62. The number of methoxy groups -OCH3 is 1. The molecule has 0 saturated carbocycles. The lowest BCUT2D eigenvalue weighted by Gasteiger charge is -2.35. The van der Waals surface area contributed by atoms with Gasteiger partial charge in [-0.05, 0) is 31.0 Å². The number of unbranched alkanes of at least 4 members (excludes halogenated alkanes) is 5. The molecular weight excluding hydrogens is 448 g/mol. The molecule has 1 aromatic rings. The van der Waals surface area contributed by atoms with Crippen LogP contribution in [0.2, 0.25) is 0 Å². The Bertz CT molecular complexity index is 834. The van der Waals surface area contributed by atoms with Crippen molar-refractivity contribution in [2.75, 3.05) is 39.9 Å². The number of nitrogens with zero attached hydrogens (tertiary/aromatic N) is 2. The lowest BCUT2D eigenvalue weighted by molar-refractivity contribution is -0.136. The summed E-state index contributed by atoms with van der Waals surface area (Å²) in [4.78, 5) is 29.1. The number of benzene rings is 1.